The maximum absolute atomic E-state index is 13.7. The monoisotopic (exact) mass is 225 g/mol. The van der Waals surface area contributed by atoms with Crippen LogP contribution in [0.15, 0.2) is 12.3 Å². The Balaban J connectivity index is 2.66. The summed E-state index contributed by atoms with van der Waals surface area (Å²) in [4.78, 5) is 3.99. The van der Waals surface area contributed by atoms with E-state index < -0.39 is 0 Å². The first-order valence-corrected chi connectivity index (χ1v) is 5.80. The molecule has 0 radical (unpaired) electrons. The quantitative estimate of drug-likeness (QED) is 0.782. The number of nitrogens with one attached hydrogen (secondary N) is 1. The van der Waals surface area contributed by atoms with Gasteiger partial charge in [-0.25, -0.2) is 9.37 Å². The van der Waals surface area contributed by atoms with Gasteiger partial charge in [0, 0.05) is 24.8 Å². The van der Waals surface area contributed by atoms with Crippen LogP contribution in [0.4, 0.5) is 10.2 Å². The Hall–Kier alpha value is -1.16. The fourth-order valence-electron chi connectivity index (χ4n) is 1.58. The molecule has 0 aromatic carbocycles. The van der Waals surface area contributed by atoms with E-state index in [2.05, 4.69) is 24.1 Å². The SMILES string of the molecule is CCC(CC)CNc1nccc(CN)c1F. The molecule has 3 nitrogen and oxygen atoms in total. The number of pyridine rings is 1. The summed E-state index contributed by atoms with van der Waals surface area (Å²) in [5, 5.41) is 3.05. The van der Waals surface area contributed by atoms with E-state index in [1.165, 1.54) is 0 Å². The molecule has 0 aliphatic carbocycles. The summed E-state index contributed by atoms with van der Waals surface area (Å²) >= 11 is 0. The molecule has 1 aromatic rings. The number of rotatable bonds is 6. The third-order valence-corrected chi connectivity index (χ3v) is 2.90. The zero-order chi connectivity index (χ0) is 12.0. The number of hydrogen-bond donors (Lipinski definition) is 2. The number of anilines is 1. The highest BCUT2D eigenvalue weighted by molar-refractivity contribution is 5.39. The molecule has 3 N–H and O–H groups in total. The Kier molecular flexibility index (Phi) is 5.19. The smallest absolute Gasteiger partial charge is 0.169 e. The predicted octanol–water partition coefficient (Wildman–Crippen LogP) is 2.53. The number of hydrogen-bond acceptors (Lipinski definition) is 3. The van der Waals surface area contributed by atoms with Gasteiger partial charge in [-0.3, -0.25) is 0 Å². The topological polar surface area (TPSA) is 50.9 Å². The first-order valence-electron chi connectivity index (χ1n) is 5.80. The third kappa shape index (κ3) is 3.17. The Morgan fingerprint density at radius 1 is 1.44 bits per heavy atom. The lowest BCUT2D eigenvalue weighted by atomic mass is 10.0. The lowest BCUT2D eigenvalue weighted by molar-refractivity contribution is 0.515. The third-order valence-electron chi connectivity index (χ3n) is 2.90. The molecule has 0 saturated carbocycles. The van der Waals surface area contributed by atoms with Gasteiger partial charge in [-0.1, -0.05) is 26.7 Å². The summed E-state index contributed by atoms with van der Waals surface area (Å²) in [5.41, 5.74) is 5.93. The minimum atomic E-state index is -0.323. The molecule has 0 fully saturated rings. The summed E-state index contributed by atoms with van der Waals surface area (Å²) in [6.45, 7) is 5.23. The van der Waals surface area contributed by atoms with Crippen molar-refractivity contribution in [3.63, 3.8) is 0 Å². The molecule has 0 unspecified atom stereocenters. The van der Waals surface area contributed by atoms with Crippen molar-refractivity contribution in [2.24, 2.45) is 11.7 Å². The lowest BCUT2D eigenvalue weighted by Crippen LogP contribution is -2.15. The molecular weight excluding hydrogens is 205 g/mol. The molecule has 90 valence electrons. The van der Waals surface area contributed by atoms with Gasteiger partial charge >= 0.3 is 0 Å². The lowest BCUT2D eigenvalue weighted by Gasteiger charge is -2.14. The van der Waals surface area contributed by atoms with E-state index in [9.17, 15) is 4.39 Å². The standard InChI is InChI=1S/C12H20FN3/c1-3-9(4-2)8-16-12-11(13)10(7-14)5-6-15-12/h5-6,9H,3-4,7-8,14H2,1-2H3,(H,15,16). The molecule has 0 bridgehead atoms. The summed E-state index contributed by atoms with van der Waals surface area (Å²) in [6, 6.07) is 1.61. The summed E-state index contributed by atoms with van der Waals surface area (Å²) < 4.78 is 13.7. The molecule has 0 saturated heterocycles. The van der Waals surface area contributed by atoms with Crippen molar-refractivity contribution in [1.29, 1.82) is 0 Å². The molecule has 0 atom stereocenters. The van der Waals surface area contributed by atoms with Crippen molar-refractivity contribution in [1.82, 2.24) is 4.98 Å². The van der Waals surface area contributed by atoms with E-state index in [0.717, 1.165) is 19.4 Å². The van der Waals surface area contributed by atoms with Crippen LogP contribution in [0.25, 0.3) is 0 Å². The van der Waals surface area contributed by atoms with Gasteiger partial charge in [0.1, 0.15) is 0 Å². The van der Waals surface area contributed by atoms with E-state index in [1.54, 1.807) is 12.3 Å². The molecule has 0 spiro atoms. The van der Waals surface area contributed by atoms with Crippen LogP contribution in [0.3, 0.4) is 0 Å². The maximum Gasteiger partial charge on any atom is 0.169 e. The highest BCUT2D eigenvalue weighted by atomic mass is 19.1. The zero-order valence-electron chi connectivity index (χ0n) is 9.96. The van der Waals surface area contributed by atoms with E-state index in [0.29, 0.717) is 17.3 Å². The highest BCUT2D eigenvalue weighted by Crippen LogP contribution is 2.16. The fourth-order valence-corrected chi connectivity index (χ4v) is 1.58. The first-order chi connectivity index (χ1) is 7.72. The van der Waals surface area contributed by atoms with Gasteiger partial charge in [0.05, 0.1) is 0 Å². The minimum absolute atomic E-state index is 0.202. The summed E-state index contributed by atoms with van der Waals surface area (Å²) in [6.07, 6.45) is 3.75. The zero-order valence-corrected chi connectivity index (χ0v) is 9.96. The van der Waals surface area contributed by atoms with Crippen LogP contribution >= 0.6 is 0 Å². The average Bonchev–Trinajstić information content (AvgIpc) is 2.32. The second-order valence-electron chi connectivity index (χ2n) is 3.90. The van der Waals surface area contributed by atoms with Crippen LogP contribution in [0, 0.1) is 11.7 Å². The van der Waals surface area contributed by atoms with Gasteiger partial charge in [-0.2, -0.15) is 0 Å². The molecule has 0 amide bonds. The molecular formula is C12H20FN3. The first kappa shape index (κ1) is 12.9. The average molecular weight is 225 g/mol. The molecule has 1 aromatic heterocycles. The Bertz CT molecular complexity index is 324. The summed E-state index contributed by atoms with van der Waals surface area (Å²) in [5.74, 6) is 0.550. The van der Waals surface area contributed by atoms with Gasteiger partial charge in [-0.05, 0) is 12.0 Å². The largest absolute Gasteiger partial charge is 0.367 e. The van der Waals surface area contributed by atoms with E-state index in [4.69, 9.17) is 5.73 Å². The van der Waals surface area contributed by atoms with Crippen molar-refractivity contribution >= 4 is 5.82 Å². The van der Waals surface area contributed by atoms with Crippen LogP contribution in [-0.2, 0) is 6.54 Å². The van der Waals surface area contributed by atoms with E-state index >= 15 is 0 Å². The normalized spacial score (nSPS) is 10.8. The Morgan fingerprint density at radius 2 is 2.12 bits per heavy atom. The molecule has 4 heteroatoms. The molecule has 1 heterocycles. The number of nitrogens with two attached hydrogens (primary N) is 1. The van der Waals surface area contributed by atoms with Gasteiger partial charge in [-0.15, -0.1) is 0 Å². The molecule has 1 rings (SSSR count). The van der Waals surface area contributed by atoms with Crippen molar-refractivity contribution in [3.8, 4) is 0 Å². The Morgan fingerprint density at radius 3 is 2.69 bits per heavy atom. The minimum Gasteiger partial charge on any atom is -0.367 e. The maximum atomic E-state index is 13.7. The summed E-state index contributed by atoms with van der Waals surface area (Å²) in [7, 11) is 0. The second kappa shape index (κ2) is 6.43. The molecule has 16 heavy (non-hydrogen) atoms. The Labute approximate surface area is 96.3 Å². The van der Waals surface area contributed by atoms with Gasteiger partial charge in [0.15, 0.2) is 11.6 Å². The van der Waals surface area contributed by atoms with Gasteiger partial charge < -0.3 is 11.1 Å². The van der Waals surface area contributed by atoms with Crippen LogP contribution in [0.2, 0.25) is 0 Å². The van der Waals surface area contributed by atoms with E-state index in [-0.39, 0.29) is 12.4 Å². The van der Waals surface area contributed by atoms with Crippen molar-refractivity contribution in [2.75, 3.05) is 11.9 Å². The van der Waals surface area contributed by atoms with E-state index in [1.807, 2.05) is 0 Å². The fraction of sp³-hybridized carbons (Fsp3) is 0.583. The van der Waals surface area contributed by atoms with Gasteiger partial charge in [0.25, 0.3) is 0 Å². The van der Waals surface area contributed by atoms with Gasteiger partial charge in [0.2, 0.25) is 0 Å². The number of nitrogens with zero attached hydrogens (tertiary/aromatic N) is 1. The molecule has 0 aliphatic rings. The molecule has 0 aliphatic heterocycles. The highest BCUT2D eigenvalue weighted by Gasteiger charge is 2.09. The van der Waals surface area contributed by atoms with Crippen LogP contribution in [0.1, 0.15) is 32.3 Å². The van der Waals surface area contributed by atoms with Crippen molar-refractivity contribution in [3.05, 3.63) is 23.6 Å². The number of halogens is 1. The second-order valence-corrected chi connectivity index (χ2v) is 3.90. The predicted molar refractivity (Wildman–Crippen MR) is 64.6 cm³/mol. The van der Waals surface area contributed by atoms with Crippen molar-refractivity contribution in [2.45, 2.75) is 33.2 Å². The van der Waals surface area contributed by atoms with Crippen LogP contribution in [0.5, 0.6) is 0 Å². The van der Waals surface area contributed by atoms with Crippen LogP contribution in [-0.4, -0.2) is 11.5 Å². The van der Waals surface area contributed by atoms with Crippen molar-refractivity contribution < 1.29 is 4.39 Å². The number of aromatic nitrogens is 1. The van der Waals surface area contributed by atoms with Crippen LogP contribution < -0.4 is 11.1 Å².